The highest BCUT2D eigenvalue weighted by Crippen LogP contribution is 2.23. The maximum Gasteiger partial charge on any atom is 0.331 e. The van der Waals surface area contributed by atoms with Crippen LogP contribution in [0, 0.1) is 5.92 Å². The lowest BCUT2D eigenvalue weighted by atomic mass is 10.1. The van der Waals surface area contributed by atoms with E-state index < -0.39 is 22.0 Å². The number of carbonyl (C=O) groups is 2. The third-order valence-corrected chi connectivity index (χ3v) is 5.90. The molecule has 28 heavy (non-hydrogen) atoms. The van der Waals surface area contributed by atoms with Gasteiger partial charge in [0.2, 0.25) is 0 Å². The lowest BCUT2D eigenvalue weighted by Crippen LogP contribution is -2.43. The van der Waals surface area contributed by atoms with Crippen LogP contribution in [0.5, 0.6) is 0 Å². The second kappa shape index (κ2) is 8.27. The summed E-state index contributed by atoms with van der Waals surface area (Å²) in [5.41, 5.74) is 0.408. The number of hydrogen-bond donors (Lipinski definition) is 1. The number of sulfonamides is 1. The van der Waals surface area contributed by atoms with Crippen molar-refractivity contribution in [2.45, 2.75) is 24.8 Å². The van der Waals surface area contributed by atoms with Gasteiger partial charge in [-0.3, -0.25) is 14.5 Å². The van der Waals surface area contributed by atoms with Crippen molar-refractivity contribution in [3.8, 4) is 0 Å². The summed E-state index contributed by atoms with van der Waals surface area (Å²) in [5.74, 6) is -1.12. The van der Waals surface area contributed by atoms with Crippen LogP contribution < -0.4 is 4.72 Å². The Hall–Kier alpha value is -2.46. The van der Waals surface area contributed by atoms with E-state index in [0.717, 1.165) is 0 Å². The fourth-order valence-corrected chi connectivity index (χ4v) is 4.20. The first-order chi connectivity index (χ1) is 13.3. The zero-order valence-corrected chi connectivity index (χ0v) is 16.6. The minimum atomic E-state index is -3.70. The number of rotatable bonds is 5. The van der Waals surface area contributed by atoms with Gasteiger partial charge < -0.3 is 14.4 Å². The topological polar surface area (TPSA) is 114 Å². The van der Waals surface area contributed by atoms with Gasteiger partial charge in [-0.05, 0) is 18.1 Å². The maximum atomic E-state index is 12.5. The van der Waals surface area contributed by atoms with Crippen molar-refractivity contribution in [2.75, 3.05) is 32.9 Å². The lowest BCUT2D eigenvalue weighted by Gasteiger charge is -2.26. The quantitative estimate of drug-likeness (QED) is 0.693. The summed E-state index contributed by atoms with van der Waals surface area (Å²) in [6.45, 7) is 5.01. The molecule has 1 aromatic carbocycles. The van der Waals surface area contributed by atoms with Crippen LogP contribution in [0.15, 0.2) is 34.2 Å². The third kappa shape index (κ3) is 4.33. The molecular formula is C18H23N3O6S. The first kappa shape index (κ1) is 20.3. The van der Waals surface area contributed by atoms with Crippen LogP contribution >= 0.6 is 0 Å². The van der Waals surface area contributed by atoms with E-state index in [1.54, 1.807) is 36.9 Å². The number of ether oxygens (including phenoxy) is 2. The molecule has 0 unspecified atom stereocenters. The van der Waals surface area contributed by atoms with Crippen molar-refractivity contribution in [3.05, 3.63) is 29.8 Å². The van der Waals surface area contributed by atoms with E-state index in [-0.39, 0.29) is 29.2 Å². The Morgan fingerprint density at radius 3 is 2.61 bits per heavy atom. The van der Waals surface area contributed by atoms with Crippen molar-refractivity contribution < 1.29 is 27.5 Å². The molecule has 0 spiro atoms. The molecule has 0 aliphatic carbocycles. The number of morpholine rings is 1. The van der Waals surface area contributed by atoms with Gasteiger partial charge in [-0.1, -0.05) is 26.0 Å². The van der Waals surface area contributed by atoms with Crippen LogP contribution in [-0.4, -0.2) is 70.0 Å². The molecule has 1 fully saturated rings. The highest BCUT2D eigenvalue weighted by atomic mass is 32.2. The Labute approximate surface area is 163 Å². The number of carbonyl (C=O) groups excluding carboxylic acids is 2. The van der Waals surface area contributed by atoms with Gasteiger partial charge in [-0.2, -0.15) is 0 Å². The summed E-state index contributed by atoms with van der Waals surface area (Å²) >= 11 is 0. The highest BCUT2D eigenvalue weighted by molar-refractivity contribution is 7.90. The molecule has 2 aliphatic rings. The average Bonchev–Trinajstić information content (AvgIpc) is 2.95. The molecule has 1 amide bonds. The average molecular weight is 409 g/mol. The number of nitrogens with one attached hydrogen (secondary N) is 1. The van der Waals surface area contributed by atoms with Crippen molar-refractivity contribution in [1.29, 1.82) is 0 Å². The summed E-state index contributed by atoms with van der Waals surface area (Å²) in [7, 11) is -3.70. The fourth-order valence-electron chi connectivity index (χ4n) is 2.97. The lowest BCUT2D eigenvalue weighted by molar-refractivity contribution is -0.155. The van der Waals surface area contributed by atoms with Crippen molar-refractivity contribution in [3.63, 3.8) is 0 Å². The molecule has 1 saturated heterocycles. The largest absolute Gasteiger partial charge is 0.454 e. The van der Waals surface area contributed by atoms with Gasteiger partial charge in [0, 0.05) is 18.7 Å². The Bertz CT molecular complexity index is 890. The molecule has 1 aromatic rings. The van der Waals surface area contributed by atoms with Crippen molar-refractivity contribution in [1.82, 2.24) is 9.62 Å². The zero-order chi connectivity index (χ0) is 20.3. The number of nitrogens with zero attached hydrogens (tertiary/aromatic N) is 2. The summed E-state index contributed by atoms with van der Waals surface area (Å²) in [5, 5.41) is 0. The number of hydrogen-bond acceptors (Lipinski definition) is 7. The van der Waals surface area contributed by atoms with Gasteiger partial charge in [0.1, 0.15) is 5.84 Å². The fraction of sp³-hybridized carbons (Fsp3) is 0.500. The molecule has 1 N–H and O–H groups in total. The first-order valence-corrected chi connectivity index (χ1v) is 10.5. The molecule has 0 saturated carbocycles. The van der Waals surface area contributed by atoms with Crippen LogP contribution in [0.4, 0.5) is 0 Å². The Morgan fingerprint density at radius 1 is 1.25 bits per heavy atom. The standard InChI is InChI=1S/C18H23N3O6S/c1-12(2)16(18(23)27-11-15(22)21-7-9-26-10-8-21)19-17-13-5-3-4-6-14(13)28(24,25)20-17/h3-6,12,16H,7-11H2,1-2H3,(H,19,20)/t16-/m0/s1. The Balaban J connectivity index is 1.72. The van der Waals surface area contributed by atoms with Crippen molar-refractivity contribution >= 4 is 27.7 Å². The van der Waals surface area contributed by atoms with E-state index in [1.807, 2.05) is 0 Å². The second-order valence-electron chi connectivity index (χ2n) is 6.87. The Kier molecular flexibility index (Phi) is 5.99. The van der Waals surface area contributed by atoms with Crippen molar-refractivity contribution in [2.24, 2.45) is 10.9 Å². The van der Waals surface area contributed by atoms with Gasteiger partial charge in [-0.15, -0.1) is 0 Å². The minimum Gasteiger partial charge on any atom is -0.454 e. The van der Waals surface area contributed by atoms with E-state index in [4.69, 9.17) is 9.47 Å². The third-order valence-electron chi connectivity index (χ3n) is 4.51. The zero-order valence-electron chi connectivity index (χ0n) is 15.8. The van der Waals surface area contributed by atoms with Crippen LogP contribution in [0.1, 0.15) is 19.4 Å². The molecule has 152 valence electrons. The Morgan fingerprint density at radius 2 is 1.93 bits per heavy atom. The van der Waals surface area contributed by atoms with E-state index in [1.165, 1.54) is 6.07 Å². The number of esters is 1. The molecule has 0 radical (unpaired) electrons. The smallest absolute Gasteiger partial charge is 0.331 e. The highest BCUT2D eigenvalue weighted by Gasteiger charge is 2.33. The van der Waals surface area contributed by atoms with Gasteiger partial charge in [0.05, 0.1) is 18.1 Å². The normalized spacial score (nSPS) is 20.5. The molecule has 0 aromatic heterocycles. The van der Waals surface area contributed by atoms with Gasteiger partial charge in [0.15, 0.2) is 12.6 Å². The molecule has 0 bridgehead atoms. The predicted octanol–water partition coefficient (Wildman–Crippen LogP) is 0.152. The van der Waals surface area contributed by atoms with E-state index in [9.17, 15) is 18.0 Å². The molecule has 1 atom stereocenters. The minimum absolute atomic E-state index is 0.103. The first-order valence-electron chi connectivity index (χ1n) is 9.02. The molecule has 10 heteroatoms. The SMILES string of the molecule is CC(C)[C@H](N=C1NS(=O)(=O)c2ccccc21)C(=O)OCC(=O)N1CCOCC1. The van der Waals surface area contributed by atoms with Crippen LogP contribution in [0.3, 0.4) is 0 Å². The number of amides is 1. The summed E-state index contributed by atoms with van der Waals surface area (Å²) in [4.78, 5) is 30.7. The summed E-state index contributed by atoms with van der Waals surface area (Å²) in [6, 6.07) is 5.47. The summed E-state index contributed by atoms with van der Waals surface area (Å²) < 4.78 is 37.2. The second-order valence-corrected chi connectivity index (χ2v) is 8.52. The van der Waals surface area contributed by atoms with Crippen LogP contribution in [-0.2, 0) is 29.1 Å². The van der Waals surface area contributed by atoms with Gasteiger partial charge >= 0.3 is 5.97 Å². The van der Waals surface area contributed by atoms with Gasteiger partial charge in [0.25, 0.3) is 15.9 Å². The number of benzene rings is 1. The van der Waals surface area contributed by atoms with Gasteiger partial charge in [-0.25, -0.2) is 13.2 Å². The van der Waals surface area contributed by atoms with E-state index >= 15 is 0 Å². The molecule has 3 rings (SSSR count). The summed E-state index contributed by atoms with van der Waals surface area (Å²) in [6.07, 6.45) is 0. The van der Waals surface area contributed by atoms with E-state index in [0.29, 0.717) is 31.9 Å². The van der Waals surface area contributed by atoms with Crippen LogP contribution in [0.25, 0.3) is 0 Å². The van der Waals surface area contributed by atoms with E-state index in [2.05, 4.69) is 9.71 Å². The predicted molar refractivity (Wildman–Crippen MR) is 100 cm³/mol. The molecule has 9 nitrogen and oxygen atoms in total. The molecule has 2 aliphatic heterocycles. The monoisotopic (exact) mass is 409 g/mol. The molecule has 2 heterocycles. The number of amidine groups is 1. The number of fused-ring (bicyclic) bond motifs is 1. The molecular weight excluding hydrogens is 386 g/mol. The maximum absolute atomic E-state index is 12.5. The number of aliphatic imine (C=N–C) groups is 1. The van der Waals surface area contributed by atoms with Crippen LogP contribution in [0.2, 0.25) is 0 Å².